The monoisotopic (exact) mass is 453 g/mol. The molecule has 2 N–H and O–H groups in total. The summed E-state index contributed by atoms with van der Waals surface area (Å²) in [5.41, 5.74) is 2.06. The van der Waals surface area contributed by atoms with Gasteiger partial charge in [0.25, 0.3) is 0 Å². The molecule has 1 fully saturated rings. The van der Waals surface area contributed by atoms with E-state index >= 15 is 0 Å². The molecule has 2 atom stereocenters. The molecule has 0 bridgehead atoms. The van der Waals surface area contributed by atoms with Crippen LogP contribution in [0.1, 0.15) is 5.56 Å². The number of amides is 1. The van der Waals surface area contributed by atoms with Gasteiger partial charge in [-0.2, -0.15) is 0 Å². The van der Waals surface area contributed by atoms with Crippen LogP contribution < -0.4 is 10.6 Å². The Morgan fingerprint density at radius 1 is 1.17 bits per heavy atom. The Morgan fingerprint density at radius 2 is 1.90 bits per heavy atom. The summed E-state index contributed by atoms with van der Waals surface area (Å²) in [5, 5.41) is 6.54. The molecule has 1 amide bonds. The Labute approximate surface area is 176 Å². The third-order valence-corrected chi connectivity index (χ3v) is 8.02. The first kappa shape index (κ1) is 20.2. The number of nitrogens with one attached hydrogen (secondary N) is 2. The second-order valence-electron chi connectivity index (χ2n) is 6.91. The summed E-state index contributed by atoms with van der Waals surface area (Å²) in [6, 6.07) is 11.2. The van der Waals surface area contributed by atoms with Crippen LogP contribution in [0.3, 0.4) is 0 Å². The maximum absolute atomic E-state index is 13.2. The van der Waals surface area contributed by atoms with Gasteiger partial charge in [0.05, 0.1) is 29.0 Å². The van der Waals surface area contributed by atoms with Crippen LogP contribution >= 0.6 is 23.4 Å². The van der Waals surface area contributed by atoms with Gasteiger partial charge in [-0.25, -0.2) is 12.8 Å². The van der Waals surface area contributed by atoms with Gasteiger partial charge in [-0.05, 0) is 35.9 Å². The van der Waals surface area contributed by atoms with Gasteiger partial charge in [-0.15, -0.1) is 0 Å². The summed E-state index contributed by atoms with van der Waals surface area (Å²) in [4.78, 5) is 16.6. The van der Waals surface area contributed by atoms with Gasteiger partial charge in [0.2, 0.25) is 5.91 Å². The standard InChI is InChI=1S/C19H17ClFN3O3S2/c20-14-8-13(5-6-15(14)21)22-18(25)7-11-1-3-12(4-2-11)23-19-24-16-9-29(26,27)10-17(16)28-19/h1-6,8,16-17H,7,9-10H2,(H,22,25)(H,23,24)/t16-,17+/m0/s1. The molecule has 1 saturated heterocycles. The number of hydrogen-bond acceptors (Lipinski definition) is 6. The normalized spacial score (nSPS) is 22.1. The predicted octanol–water partition coefficient (Wildman–Crippen LogP) is 3.34. The molecule has 4 rings (SSSR count). The number of halogens is 2. The van der Waals surface area contributed by atoms with Crippen LogP contribution in [-0.2, 0) is 21.1 Å². The summed E-state index contributed by atoms with van der Waals surface area (Å²) in [6.07, 6.45) is 0.160. The lowest BCUT2D eigenvalue weighted by molar-refractivity contribution is -0.115. The van der Waals surface area contributed by atoms with Gasteiger partial charge in [0.15, 0.2) is 15.0 Å². The molecule has 2 aliphatic rings. The number of carbonyl (C=O) groups is 1. The first-order valence-corrected chi connectivity index (χ1v) is 11.9. The molecule has 2 aromatic rings. The van der Waals surface area contributed by atoms with Crippen LogP contribution in [0.15, 0.2) is 47.5 Å². The summed E-state index contributed by atoms with van der Waals surface area (Å²) in [6.45, 7) is 0. The van der Waals surface area contributed by atoms with Crippen LogP contribution in [0.25, 0.3) is 0 Å². The number of hydrogen-bond donors (Lipinski definition) is 2. The fourth-order valence-corrected chi connectivity index (χ4v) is 7.07. The van der Waals surface area contributed by atoms with Crippen molar-refractivity contribution in [1.29, 1.82) is 0 Å². The summed E-state index contributed by atoms with van der Waals surface area (Å²) in [5.74, 6) is -0.491. The Kier molecular flexibility index (Phi) is 5.54. The van der Waals surface area contributed by atoms with Crippen molar-refractivity contribution in [2.75, 3.05) is 22.1 Å². The highest BCUT2D eigenvalue weighted by molar-refractivity contribution is 8.15. The van der Waals surface area contributed by atoms with E-state index in [2.05, 4.69) is 15.6 Å². The highest BCUT2D eigenvalue weighted by Gasteiger charge is 2.42. The number of anilines is 2. The third kappa shape index (κ3) is 4.91. The number of sulfone groups is 1. The molecule has 2 aliphatic heterocycles. The first-order chi connectivity index (χ1) is 13.8. The number of nitrogens with zero attached hydrogens (tertiary/aromatic N) is 1. The Morgan fingerprint density at radius 3 is 2.59 bits per heavy atom. The van der Waals surface area contributed by atoms with E-state index in [1.54, 1.807) is 0 Å². The van der Waals surface area contributed by atoms with Crippen molar-refractivity contribution in [3.8, 4) is 0 Å². The van der Waals surface area contributed by atoms with Gasteiger partial charge in [-0.3, -0.25) is 9.79 Å². The molecule has 6 nitrogen and oxygen atoms in total. The smallest absolute Gasteiger partial charge is 0.228 e. The van der Waals surface area contributed by atoms with E-state index in [1.807, 2.05) is 24.3 Å². The zero-order valence-electron chi connectivity index (χ0n) is 15.1. The second kappa shape index (κ2) is 7.97. The van der Waals surface area contributed by atoms with Crippen molar-refractivity contribution in [2.24, 2.45) is 4.99 Å². The molecule has 0 saturated carbocycles. The Balaban J connectivity index is 1.32. The molecule has 0 radical (unpaired) electrons. The fourth-order valence-electron chi connectivity index (χ4n) is 3.21. The average Bonchev–Trinajstić information content (AvgIpc) is 3.12. The molecule has 10 heteroatoms. The van der Waals surface area contributed by atoms with Crippen molar-refractivity contribution in [3.63, 3.8) is 0 Å². The van der Waals surface area contributed by atoms with Crippen LogP contribution in [0.2, 0.25) is 5.02 Å². The molecular weight excluding hydrogens is 437 g/mol. The van der Waals surface area contributed by atoms with E-state index in [9.17, 15) is 17.6 Å². The molecule has 2 aromatic carbocycles. The summed E-state index contributed by atoms with van der Waals surface area (Å²) >= 11 is 7.17. The van der Waals surface area contributed by atoms with E-state index in [0.29, 0.717) is 10.9 Å². The van der Waals surface area contributed by atoms with Gasteiger partial charge in [-0.1, -0.05) is 35.5 Å². The second-order valence-corrected chi connectivity index (χ2v) is 10.7. The van der Waals surface area contributed by atoms with Crippen molar-refractivity contribution < 1.29 is 17.6 Å². The predicted molar refractivity (Wildman–Crippen MR) is 115 cm³/mol. The van der Waals surface area contributed by atoms with Crippen molar-refractivity contribution >= 4 is 55.6 Å². The number of fused-ring (bicyclic) bond motifs is 1. The maximum Gasteiger partial charge on any atom is 0.228 e. The number of carbonyl (C=O) groups excluding carboxylic acids is 1. The fraction of sp³-hybridized carbons (Fsp3) is 0.263. The minimum atomic E-state index is -2.97. The largest absolute Gasteiger partial charge is 0.335 e. The van der Waals surface area contributed by atoms with Gasteiger partial charge in [0.1, 0.15) is 5.82 Å². The lowest BCUT2D eigenvalue weighted by Gasteiger charge is -2.09. The van der Waals surface area contributed by atoms with E-state index < -0.39 is 15.7 Å². The van der Waals surface area contributed by atoms with Crippen LogP contribution in [0.4, 0.5) is 15.8 Å². The van der Waals surface area contributed by atoms with E-state index in [-0.39, 0.29) is 40.1 Å². The van der Waals surface area contributed by atoms with Gasteiger partial charge < -0.3 is 10.6 Å². The molecule has 0 aliphatic carbocycles. The van der Waals surface area contributed by atoms with Gasteiger partial charge >= 0.3 is 0 Å². The van der Waals surface area contributed by atoms with Crippen molar-refractivity contribution in [2.45, 2.75) is 17.7 Å². The number of rotatable bonds is 4. The minimum absolute atomic E-state index is 0.00886. The molecule has 29 heavy (non-hydrogen) atoms. The van der Waals surface area contributed by atoms with Crippen molar-refractivity contribution in [3.05, 3.63) is 58.9 Å². The topological polar surface area (TPSA) is 87.6 Å². The Hall–Kier alpha value is -2.10. The highest BCUT2D eigenvalue weighted by Crippen LogP contribution is 2.34. The lowest BCUT2D eigenvalue weighted by atomic mass is 10.1. The van der Waals surface area contributed by atoms with Gasteiger partial charge in [0, 0.05) is 16.6 Å². The lowest BCUT2D eigenvalue weighted by Crippen LogP contribution is -2.14. The number of benzene rings is 2. The molecule has 0 unspecified atom stereocenters. The number of amidine groups is 1. The van der Waals surface area contributed by atoms with Crippen LogP contribution in [0, 0.1) is 5.82 Å². The molecule has 0 spiro atoms. The van der Waals surface area contributed by atoms with Crippen LogP contribution in [-0.4, -0.2) is 42.3 Å². The number of aliphatic imine (C=N–C) groups is 1. The average molecular weight is 454 g/mol. The summed E-state index contributed by atoms with van der Waals surface area (Å²) < 4.78 is 36.4. The molecule has 0 aromatic heterocycles. The SMILES string of the molecule is O=C(Cc1ccc(NC2=N[C@H]3CS(=O)(=O)C[C@H]3S2)cc1)Nc1ccc(F)c(Cl)c1. The Bertz CT molecular complexity index is 1090. The molecular formula is C19H17ClFN3O3S2. The first-order valence-electron chi connectivity index (χ1n) is 8.83. The quantitative estimate of drug-likeness (QED) is 0.741. The third-order valence-electron chi connectivity index (χ3n) is 4.59. The zero-order chi connectivity index (χ0) is 20.6. The zero-order valence-corrected chi connectivity index (χ0v) is 17.5. The van der Waals surface area contributed by atoms with E-state index in [1.165, 1.54) is 30.0 Å². The minimum Gasteiger partial charge on any atom is -0.335 e. The maximum atomic E-state index is 13.2. The van der Waals surface area contributed by atoms with E-state index in [0.717, 1.165) is 11.3 Å². The van der Waals surface area contributed by atoms with E-state index in [4.69, 9.17) is 11.6 Å². The summed E-state index contributed by atoms with van der Waals surface area (Å²) in [7, 11) is -2.97. The molecule has 2 heterocycles. The highest BCUT2D eigenvalue weighted by atomic mass is 35.5. The van der Waals surface area contributed by atoms with Crippen LogP contribution in [0.5, 0.6) is 0 Å². The van der Waals surface area contributed by atoms with Crippen molar-refractivity contribution in [1.82, 2.24) is 0 Å². The molecule has 152 valence electrons. The number of thioether (sulfide) groups is 1.